The van der Waals surface area contributed by atoms with Crippen LogP contribution in [0.15, 0.2) is 83.1 Å². The van der Waals surface area contributed by atoms with Crippen LogP contribution in [0.2, 0.25) is 0 Å². The van der Waals surface area contributed by atoms with Crippen molar-refractivity contribution < 1.29 is 27.5 Å². The van der Waals surface area contributed by atoms with E-state index >= 15 is 0 Å². The summed E-state index contributed by atoms with van der Waals surface area (Å²) in [6.07, 6.45) is -3.26. The molecule has 0 aliphatic heterocycles. The van der Waals surface area contributed by atoms with Gasteiger partial charge in [-0.3, -0.25) is 0 Å². The number of alkyl halides is 3. The van der Waals surface area contributed by atoms with Gasteiger partial charge in [0, 0.05) is 5.69 Å². The second kappa shape index (κ2) is 11.9. The maximum atomic E-state index is 12.3. The van der Waals surface area contributed by atoms with Crippen molar-refractivity contribution in [3.8, 4) is 11.5 Å². The van der Waals surface area contributed by atoms with Gasteiger partial charge in [-0.25, -0.2) is 10.2 Å². The highest BCUT2D eigenvalue weighted by Gasteiger charge is 2.30. The fourth-order valence-corrected chi connectivity index (χ4v) is 3.12. The number of benzene rings is 3. The summed E-state index contributed by atoms with van der Waals surface area (Å²) in [5.74, 6) is 0.390. The molecule has 3 aromatic carbocycles. The van der Waals surface area contributed by atoms with Gasteiger partial charge in [-0.1, -0.05) is 37.2 Å². The summed E-state index contributed by atoms with van der Waals surface area (Å²) in [6.45, 7) is 5.76. The minimum absolute atomic E-state index is 0.261. The zero-order valence-corrected chi connectivity index (χ0v) is 19.8. The Hall–Kier alpha value is -4.34. The number of hydrogen-bond acceptors (Lipinski definition) is 5. The number of halogens is 3. The van der Waals surface area contributed by atoms with Gasteiger partial charge in [0.1, 0.15) is 5.75 Å². The number of oxime groups is 1. The van der Waals surface area contributed by atoms with Crippen LogP contribution in [0.5, 0.6) is 11.5 Å². The number of carbonyl (C=O) groups excluding carboxylic acids is 1. The average molecular weight is 499 g/mol. The number of ether oxygens (including phenoxy) is 1. The molecule has 10 heteroatoms. The third-order valence-corrected chi connectivity index (χ3v) is 4.88. The molecule has 0 spiro atoms. The lowest BCUT2D eigenvalue weighted by Gasteiger charge is -2.12. The zero-order valence-electron chi connectivity index (χ0n) is 19.8. The van der Waals surface area contributed by atoms with E-state index in [1.165, 1.54) is 30.5 Å². The fourth-order valence-electron chi connectivity index (χ4n) is 3.12. The normalized spacial score (nSPS) is 12.0. The van der Waals surface area contributed by atoms with E-state index in [1.54, 1.807) is 31.2 Å². The van der Waals surface area contributed by atoms with Gasteiger partial charge in [0.2, 0.25) is 0 Å². The van der Waals surface area contributed by atoms with Crippen molar-refractivity contribution in [1.82, 2.24) is 5.43 Å². The standard InChI is InChI=1S/C26H25F3N4O3/c1-17(2)23-6-4-5-7-24(23)31-25(34)32-30-16-19-8-12-22(13-9-19)36-33-18(3)20-10-14-21(15-11-20)35-26(27,28)29/h4-17H,1-3H3,(H2,31,32,34)/b30-16+,33-18-. The minimum Gasteiger partial charge on any atom is -0.406 e. The Bertz CT molecular complexity index is 1220. The van der Waals surface area contributed by atoms with Crippen molar-refractivity contribution in [3.05, 3.63) is 89.5 Å². The number of carbonyl (C=O) groups is 1. The first-order valence-electron chi connectivity index (χ1n) is 11.0. The smallest absolute Gasteiger partial charge is 0.406 e. The van der Waals surface area contributed by atoms with Gasteiger partial charge in [-0.05, 0) is 84.1 Å². The van der Waals surface area contributed by atoms with Gasteiger partial charge in [0.05, 0.1) is 11.9 Å². The molecule has 2 N–H and O–H groups in total. The van der Waals surface area contributed by atoms with Crippen molar-refractivity contribution >= 4 is 23.6 Å². The van der Waals surface area contributed by atoms with Gasteiger partial charge >= 0.3 is 12.4 Å². The van der Waals surface area contributed by atoms with Gasteiger partial charge in [0.15, 0.2) is 5.75 Å². The van der Waals surface area contributed by atoms with Crippen LogP contribution < -0.4 is 20.3 Å². The maximum absolute atomic E-state index is 12.3. The fraction of sp³-hybridized carbons (Fsp3) is 0.192. The first-order chi connectivity index (χ1) is 17.1. The number of nitrogens with one attached hydrogen (secondary N) is 2. The summed E-state index contributed by atoms with van der Waals surface area (Å²) in [6, 6.07) is 19.2. The van der Waals surface area contributed by atoms with Crippen molar-refractivity contribution in [2.24, 2.45) is 10.3 Å². The predicted molar refractivity (Wildman–Crippen MR) is 133 cm³/mol. The summed E-state index contributed by atoms with van der Waals surface area (Å²) >= 11 is 0. The molecule has 0 bridgehead atoms. The lowest BCUT2D eigenvalue weighted by molar-refractivity contribution is -0.274. The molecule has 0 fully saturated rings. The van der Waals surface area contributed by atoms with Gasteiger partial charge in [-0.15, -0.1) is 13.2 Å². The zero-order chi connectivity index (χ0) is 26.1. The van der Waals surface area contributed by atoms with E-state index in [0.717, 1.165) is 11.3 Å². The highest BCUT2D eigenvalue weighted by molar-refractivity contribution is 5.98. The van der Waals surface area contributed by atoms with Crippen LogP contribution in [0, 0.1) is 0 Å². The summed E-state index contributed by atoms with van der Waals surface area (Å²) in [7, 11) is 0. The maximum Gasteiger partial charge on any atom is 0.573 e. The third-order valence-electron chi connectivity index (χ3n) is 4.88. The number of anilines is 1. The second-order valence-corrected chi connectivity index (χ2v) is 7.98. The first kappa shape index (κ1) is 26.3. The van der Waals surface area contributed by atoms with Crippen molar-refractivity contribution in [3.63, 3.8) is 0 Å². The number of hydrazone groups is 1. The predicted octanol–water partition coefficient (Wildman–Crippen LogP) is 6.67. The van der Waals surface area contributed by atoms with E-state index in [-0.39, 0.29) is 11.7 Å². The molecule has 0 saturated carbocycles. The van der Waals surface area contributed by atoms with Gasteiger partial charge in [0.25, 0.3) is 0 Å². The molecule has 0 saturated heterocycles. The number of hydrogen-bond donors (Lipinski definition) is 2. The van der Waals surface area contributed by atoms with E-state index in [2.05, 4.69) is 25.7 Å². The molecule has 7 nitrogen and oxygen atoms in total. The Balaban J connectivity index is 1.51. The Morgan fingerprint density at radius 2 is 1.58 bits per heavy atom. The van der Waals surface area contributed by atoms with E-state index in [0.29, 0.717) is 22.6 Å². The van der Waals surface area contributed by atoms with Crippen LogP contribution in [0.4, 0.5) is 23.7 Å². The molecule has 36 heavy (non-hydrogen) atoms. The molecular formula is C26H25F3N4O3. The minimum atomic E-state index is -4.74. The Kier molecular flexibility index (Phi) is 8.66. The number of para-hydroxylation sites is 1. The number of rotatable bonds is 8. The van der Waals surface area contributed by atoms with E-state index < -0.39 is 12.4 Å². The van der Waals surface area contributed by atoms with Crippen LogP contribution in [0.25, 0.3) is 0 Å². The molecule has 188 valence electrons. The molecular weight excluding hydrogens is 473 g/mol. The number of amides is 2. The number of nitrogens with zero attached hydrogens (tertiary/aromatic N) is 2. The highest BCUT2D eigenvalue weighted by atomic mass is 19.4. The van der Waals surface area contributed by atoms with Crippen molar-refractivity contribution in [2.45, 2.75) is 33.1 Å². The molecule has 0 atom stereocenters. The molecule has 0 aromatic heterocycles. The molecule has 3 aromatic rings. The third kappa shape index (κ3) is 8.15. The SMILES string of the molecule is C/C(=N/Oc1ccc(/C=N/NC(=O)Nc2ccccc2C(C)C)cc1)c1ccc(OC(F)(F)F)cc1. The molecule has 0 heterocycles. The molecule has 0 aliphatic rings. The van der Waals surface area contributed by atoms with Crippen LogP contribution in [-0.2, 0) is 0 Å². The lowest BCUT2D eigenvalue weighted by Crippen LogP contribution is -2.24. The topological polar surface area (TPSA) is 84.3 Å². The van der Waals surface area contributed by atoms with Crippen molar-refractivity contribution in [1.29, 1.82) is 0 Å². The Morgan fingerprint density at radius 3 is 2.22 bits per heavy atom. The van der Waals surface area contributed by atoms with Crippen LogP contribution in [0.1, 0.15) is 43.4 Å². The van der Waals surface area contributed by atoms with Gasteiger partial charge in [-0.2, -0.15) is 5.10 Å². The van der Waals surface area contributed by atoms with E-state index in [1.807, 2.05) is 38.1 Å². The van der Waals surface area contributed by atoms with Crippen LogP contribution in [0.3, 0.4) is 0 Å². The Labute approximate surface area is 206 Å². The van der Waals surface area contributed by atoms with E-state index in [4.69, 9.17) is 4.84 Å². The summed E-state index contributed by atoms with van der Waals surface area (Å²) in [4.78, 5) is 17.5. The number of urea groups is 1. The summed E-state index contributed by atoms with van der Waals surface area (Å²) in [5, 5.41) is 10.7. The first-order valence-corrected chi connectivity index (χ1v) is 11.0. The largest absolute Gasteiger partial charge is 0.573 e. The van der Waals surface area contributed by atoms with Crippen LogP contribution >= 0.6 is 0 Å². The lowest BCUT2D eigenvalue weighted by atomic mass is 10.0. The molecule has 0 radical (unpaired) electrons. The van der Waals surface area contributed by atoms with Crippen molar-refractivity contribution in [2.75, 3.05) is 5.32 Å². The highest BCUT2D eigenvalue weighted by Crippen LogP contribution is 2.24. The monoisotopic (exact) mass is 498 g/mol. The van der Waals surface area contributed by atoms with Gasteiger partial charge < -0.3 is 14.9 Å². The van der Waals surface area contributed by atoms with Crippen LogP contribution in [-0.4, -0.2) is 24.3 Å². The molecule has 2 amide bonds. The summed E-state index contributed by atoms with van der Waals surface area (Å²) in [5.41, 5.74) is 5.94. The van der Waals surface area contributed by atoms with E-state index in [9.17, 15) is 18.0 Å². The molecule has 0 unspecified atom stereocenters. The Morgan fingerprint density at radius 1 is 0.944 bits per heavy atom. The molecule has 3 rings (SSSR count). The molecule has 0 aliphatic carbocycles. The summed E-state index contributed by atoms with van der Waals surface area (Å²) < 4.78 is 40.6. The quantitative estimate of drug-likeness (QED) is 0.269. The second-order valence-electron chi connectivity index (χ2n) is 7.98. The average Bonchev–Trinajstić information content (AvgIpc) is 2.83.